The maximum Gasteiger partial charge on any atom is 0.274 e. The highest BCUT2D eigenvalue weighted by Crippen LogP contribution is 2.30. The molecule has 0 spiro atoms. The van der Waals surface area contributed by atoms with Crippen LogP contribution in [0.25, 0.3) is 10.8 Å². The minimum atomic E-state index is -0.226. The molecule has 7 nitrogen and oxygen atoms in total. The molecule has 0 fully saturated rings. The number of nitrogen functional groups attached to an aromatic ring is 1. The van der Waals surface area contributed by atoms with Crippen LogP contribution in [0.15, 0.2) is 60.8 Å². The molecule has 0 saturated heterocycles. The molecule has 4 aromatic rings. The number of pyridine rings is 1. The zero-order valence-corrected chi connectivity index (χ0v) is 18.7. The number of anilines is 3. The number of nitrogens with one attached hydrogen (secondary N) is 1. The summed E-state index contributed by atoms with van der Waals surface area (Å²) in [7, 11) is 0. The Kier molecular flexibility index (Phi) is 5.38. The van der Waals surface area contributed by atoms with Gasteiger partial charge in [0.2, 0.25) is 5.95 Å². The van der Waals surface area contributed by atoms with Gasteiger partial charge in [0.05, 0.1) is 5.69 Å². The van der Waals surface area contributed by atoms with Crippen molar-refractivity contribution in [2.45, 2.75) is 32.7 Å². The molecule has 166 valence electrons. The lowest BCUT2D eigenvalue weighted by Crippen LogP contribution is -2.32. The van der Waals surface area contributed by atoms with Crippen molar-refractivity contribution >= 4 is 34.1 Å². The fraction of sp³-hybridized carbons (Fsp3) is 0.231. The minimum absolute atomic E-state index is 0.226. The number of benzene rings is 2. The summed E-state index contributed by atoms with van der Waals surface area (Å²) in [4.78, 5) is 28.7. The summed E-state index contributed by atoms with van der Waals surface area (Å²) >= 11 is 0. The standard InChI is InChI=1S/C26H26N6O/c1-16(2)17-7-5-8-20(12-17)29-25(33)23-13-18-6-3-4-9-21(18)24(30-23)32-11-10-22-19(15-32)14-28-26(27)31-22/h3-9,12-14,16H,10-11,15H2,1-2H3,(H,29,33)(H2,27,28,31). The maximum absolute atomic E-state index is 13.2. The lowest BCUT2D eigenvalue weighted by atomic mass is 10.0. The summed E-state index contributed by atoms with van der Waals surface area (Å²) in [6.07, 6.45) is 2.53. The van der Waals surface area contributed by atoms with E-state index in [2.05, 4.69) is 40.1 Å². The molecule has 0 aliphatic carbocycles. The summed E-state index contributed by atoms with van der Waals surface area (Å²) in [6, 6.07) is 17.8. The quantitative estimate of drug-likeness (QED) is 0.485. The molecule has 3 N–H and O–H groups in total. The van der Waals surface area contributed by atoms with E-state index in [-0.39, 0.29) is 5.91 Å². The Balaban J connectivity index is 1.49. The molecule has 7 heteroatoms. The van der Waals surface area contributed by atoms with Crippen LogP contribution in [0.4, 0.5) is 17.5 Å². The van der Waals surface area contributed by atoms with E-state index in [9.17, 15) is 4.79 Å². The SMILES string of the molecule is CC(C)c1cccc(NC(=O)c2cc3ccccc3c(N3CCc4nc(N)ncc4C3)n2)c1. The van der Waals surface area contributed by atoms with Gasteiger partial charge in [-0.25, -0.2) is 15.0 Å². The first-order valence-electron chi connectivity index (χ1n) is 11.1. The summed E-state index contributed by atoms with van der Waals surface area (Å²) in [5, 5.41) is 5.00. The van der Waals surface area contributed by atoms with Gasteiger partial charge in [0, 0.05) is 42.3 Å². The number of nitrogens with zero attached hydrogens (tertiary/aromatic N) is 4. The van der Waals surface area contributed by atoms with E-state index in [1.165, 1.54) is 5.56 Å². The molecular weight excluding hydrogens is 412 g/mol. The topological polar surface area (TPSA) is 97.0 Å². The van der Waals surface area contributed by atoms with Gasteiger partial charge in [-0.3, -0.25) is 4.79 Å². The van der Waals surface area contributed by atoms with Crippen LogP contribution in [0, 0.1) is 0 Å². The van der Waals surface area contributed by atoms with Gasteiger partial charge in [0.25, 0.3) is 5.91 Å². The van der Waals surface area contributed by atoms with E-state index in [4.69, 9.17) is 10.7 Å². The Bertz CT molecular complexity index is 1350. The van der Waals surface area contributed by atoms with Gasteiger partial charge in [-0.2, -0.15) is 0 Å². The van der Waals surface area contributed by atoms with Gasteiger partial charge in [0.15, 0.2) is 0 Å². The maximum atomic E-state index is 13.2. The van der Waals surface area contributed by atoms with E-state index in [1.807, 2.05) is 48.5 Å². The smallest absolute Gasteiger partial charge is 0.274 e. The number of rotatable bonds is 4. The van der Waals surface area contributed by atoms with Crippen LogP contribution in [-0.2, 0) is 13.0 Å². The molecule has 0 saturated carbocycles. The molecule has 0 unspecified atom stereocenters. The second-order valence-corrected chi connectivity index (χ2v) is 8.66. The van der Waals surface area contributed by atoms with Crippen LogP contribution in [0.5, 0.6) is 0 Å². The van der Waals surface area contributed by atoms with Gasteiger partial charge in [-0.05, 0) is 35.1 Å². The number of fused-ring (bicyclic) bond motifs is 2. The monoisotopic (exact) mass is 438 g/mol. The summed E-state index contributed by atoms with van der Waals surface area (Å²) < 4.78 is 0. The van der Waals surface area contributed by atoms with Crippen LogP contribution in [0.3, 0.4) is 0 Å². The molecule has 0 atom stereocenters. The molecule has 0 bridgehead atoms. The van der Waals surface area contributed by atoms with Crippen molar-refractivity contribution < 1.29 is 4.79 Å². The number of amides is 1. The highest BCUT2D eigenvalue weighted by molar-refractivity contribution is 6.06. The molecule has 33 heavy (non-hydrogen) atoms. The summed E-state index contributed by atoms with van der Waals surface area (Å²) in [6.45, 7) is 5.62. The second-order valence-electron chi connectivity index (χ2n) is 8.66. The van der Waals surface area contributed by atoms with Gasteiger partial charge >= 0.3 is 0 Å². The Hall–Kier alpha value is -4.00. The number of aromatic nitrogens is 3. The molecule has 1 aliphatic rings. The lowest BCUT2D eigenvalue weighted by molar-refractivity contribution is 0.102. The van der Waals surface area contributed by atoms with Crippen molar-refractivity contribution in [1.29, 1.82) is 0 Å². The number of nitrogens with two attached hydrogens (primary N) is 1. The van der Waals surface area contributed by atoms with Crippen LogP contribution >= 0.6 is 0 Å². The highest BCUT2D eigenvalue weighted by Gasteiger charge is 2.22. The first-order valence-corrected chi connectivity index (χ1v) is 11.1. The third kappa shape index (κ3) is 4.22. The summed E-state index contributed by atoms with van der Waals surface area (Å²) in [5.74, 6) is 1.24. The van der Waals surface area contributed by atoms with Crippen LogP contribution in [0.2, 0.25) is 0 Å². The Morgan fingerprint density at radius 1 is 1.09 bits per heavy atom. The average molecular weight is 439 g/mol. The van der Waals surface area contributed by atoms with E-state index >= 15 is 0 Å². The predicted octanol–water partition coefficient (Wildman–Crippen LogP) is 4.55. The first kappa shape index (κ1) is 20.9. The van der Waals surface area contributed by atoms with Crippen molar-refractivity contribution in [1.82, 2.24) is 15.0 Å². The number of hydrogen-bond acceptors (Lipinski definition) is 6. The Morgan fingerprint density at radius 2 is 1.94 bits per heavy atom. The van der Waals surface area contributed by atoms with Crippen molar-refractivity contribution in [3.05, 3.63) is 83.3 Å². The number of hydrogen-bond donors (Lipinski definition) is 2. The van der Waals surface area contributed by atoms with Gasteiger partial charge in [0.1, 0.15) is 11.5 Å². The normalized spacial score (nSPS) is 13.2. The highest BCUT2D eigenvalue weighted by atomic mass is 16.1. The van der Waals surface area contributed by atoms with E-state index in [0.29, 0.717) is 24.1 Å². The average Bonchev–Trinajstić information content (AvgIpc) is 2.83. The molecule has 1 amide bonds. The van der Waals surface area contributed by atoms with E-state index in [0.717, 1.165) is 46.5 Å². The molecular formula is C26H26N6O. The largest absolute Gasteiger partial charge is 0.368 e. The van der Waals surface area contributed by atoms with Crippen LogP contribution < -0.4 is 16.0 Å². The minimum Gasteiger partial charge on any atom is -0.368 e. The first-order chi connectivity index (χ1) is 16.0. The number of carbonyl (C=O) groups excluding carboxylic acids is 1. The molecule has 1 aliphatic heterocycles. The molecule has 2 aromatic heterocycles. The Morgan fingerprint density at radius 3 is 2.79 bits per heavy atom. The molecule has 2 aromatic carbocycles. The second kappa shape index (κ2) is 8.50. The van der Waals surface area contributed by atoms with Gasteiger partial charge in [-0.15, -0.1) is 0 Å². The fourth-order valence-electron chi connectivity index (χ4n) is 4.22. The van der Waals surface area contributed by atoms with Crippen molar-refractivity contribution in [2.75, 3.05) is 22.5 Å². The van der Waals surface area contributed by atoms with E-state index < -0.39 is 0 Å². The molecule has 5 rings (SSSR count). The predicted molar refractivity (Wildman–Crippen MR) is 131 cm³/mol. The molecule has 0 radical (unpaired) electrons. The van der Waals surface area contributed by atoms with Crippen LogP contribution in [0.1, 0.15) is 47.1 Å². The molecule has 3 heterocycles. The third-order valence-corrected chi connectivity index (χ3v) is 6.02. The zero-order valence-electron chi connectivity index (χ0n) is 18.7. The van der Waals surface area contributed by atoms with Gasteiger partial charge in [-0.1, -0.05) is 50.2 Å². The van der Waals surface area contributed by atoms with Crippen molar-refractivity contribution in [3.8, 4) is 0 Å². The van der Waals surface area contributed by atoms with Crippen molar-refractivity contribution in [2.24, 2.45) is 0 Å². The van der Waals surface area contributed by atoms with Crippen LogP contribution in [-0.4, -0.2) is 27.4 Å². The van der Waals surface area contributed by atoms with Crippen molar-refractivity contribution in [3.63, 3.8) is 0 Å². The third-order valence-electron chi connectivity index (χ3n) is 6.02. The van der Waals surface area contributed by atoms with Gasteiger partial charge < -0.3 is 16.0 Å². The summed E-state index contributed by atoms with van der Waals surface area (Å²) in [5.41, 5.74) is 10.1. The zero-order chi connectivity index (χ0) is 22.9. The Labute approximate surface area is 192 Å². The fourth-order valence-corrected chi connectivity index (χ4v) is 4.22. The number of carbonyl (C=O) groups is 1. The van der Waals surface area contributed by atoms with E-state index in [1.54, 1.807) is 6.20 Å². The lowest BCUT2D eigenvalue weighted by Gasteiger charge is -2.30.